The topological polar surface area (TPSA) is 78.9 Å². The number of carbonyl (C=O) groups is 2. The molecule has 35 heavy (non-hydrogen) atoms. The number of anilines is 1. The zero-order chi connectivity index (χ0) is 25.3. The molecule has 0 saturated carbocycles. The van der Waals surface area contributed by atoms with Gasteiger partial charge in [0.1, 0.15) is 5.54 Å². The third-order valence-corrected chi connectivity index (χ3v) is 6.40. The molecular weight excluding hydrogens is 442 g/mol. The number of benzene rings is 1. The van der Waals surface area contributed by atoms with E-state index in [0.29, 0.717) is 44.3 Å². The summed E-state index contributed by atoms with van der Waals surface area (Å²) in [5.74, 6) is 0.253. The van der Waals surface area contributed by atoms with Gasteiger partial charge in [0.25, 0.3) is 0 Å². The first-order valence-corrected chi connectivity index (χ1v) is 12.4. The molecule has 0 radical (unpaired) electrons. The normalized spacial score (nSPS) is 16.2. The summed E-state index contributed by atoms with van der Waals surface area (Å²) < 4.78 is 5.00. The number of ether oxygens (including phenoxy) is 1. The zero-order valence-corrected chi connectivity index (χ0v) is 21.3. The number of nitrogens with zero attached hydrogens (tertiary/aromatic N) is 5. The summed E-state index contributed by atoms with van der Waals surface area (Å²) in [6.45, 7) is 9.70. The Labute approximate surface area is 208 Å². The lowest BCUT2D eigenvalue weighted by molar-refractivity contribution is -0.139. The van der Waals surface area contributed by atoms with Gasteiger partial charge < -0.3 is 14.5 Å². The van der Waals surface area contributed by atoms with Crippen molar-refractivity contribution < 1.29 is 14.3 Å². The van der Waals surface area contributed by atoms with Gasteiger partial charge in [0.05, 0.1) is 12.2 Å². The monoisotopic (exact) mass is 479 g/mol. The Bertz CT molecular complexity index is 988. The van der Waals surface area contributed by atoms with Gasteiger partial charge in [-0.05, 0) is 25.8 Å². The summed E-state index contributed by atoms with van der Waals surface area (Å²) in [5.41, 5.74) is 0.643. The molecule has 1 aliphatic heterocycles. The number of unbranched alkanes of at least 4 members (excludes halogenated alkanes) is 1. The Balaban J connectivity index is 1.74. The second kappa shape index (κ2) is 12.4. The lowest BCUT2D eigenvalue weighted by Gasteiger charge is -2.44. The summed E-state index contributed by atoms with van der Waals surface area (Å²) in [6.07, 6.45) is 9.11. The fraction of sp³-hybridized carbons (Fsp3) is 0.481. The van der Waals surface area contributed by atoms with Gasteiger partial charge >= 0.3 is 5.97 Å². The molecule has 0 N–H and O–H groups in total. The molecule has 1 unspecified atom stereocenters. The standard InChI is InChI=1S/C27H37N5O3/c1-5-7-15-30(4)25(34)27(3,14-13-22-11-9-8-10-12-22)32-18-16-31(17-19-32)26-28-20-23(21-29-26)24(33)35-6-2/h8-14,20-21H,5-7,15-19H2,1-4H3. The van der Waals surface area contributed by atoms with Crippen LogP contribution in [0.25, 0.3) is 6.08 Å². The highest BCUT2D eigenvalue weighted by atomic mass is 16.5. The average molecular weight is 480 g/mol. The van der Waals surface area contributed by atoms with Crippen LogP contribution in [0.4, 0.5) is 5.95 Å². The molecule has 8 nitrogen and oxygen atoms in total. The van der Waals surface area contributed by atoms with Crippen molar-refractivity contribution in [3.8, 4) is 0 Å². The molecule has 1 saturated heterocycles. The van der Waals surface area contributed by atoms with Gasteiger partial charge in [-0.1, -0.05) is 55.8 Å². The Morgan fingerprint density at radius 1 is 1.09 bits per heavy atom. The van der Waals surface area contributed by atoms with Gasteiger partial charge in [-0.3, -0.25) is 9.69 Å². The van der Waals surface area contributed by atoms with Crippen LogP contribution in [0.5, 0.6) is 0 Å². The van der Waals surface area contributed by atoms with Crippen LogP contribution in [0.15, 0.2) is 48.8 Å². The van der Waals surface area contributed by atoms with E-state index < -0.39 is 11.5 Å². The van der Waals surface area contributed by atoms with Gasteiger partial charge in [0.15, 0.2) is 0 Å². The number of piperazine rings is 1. The molecule has 3 rings (SSSR count). The van der Waals surface area contributed by atoms with Gasteiger partial charge in [-0.2, -0.15) is 0 Å². The van der Waals surface area contributed by atoms with E-state index in [0.717, 1.165) is 24.9 Å². The van der Waals surface area contributed by atoms with E-state index in [4.69, 9.17) is 4.74 Å². The molecule has 2 heterocycles. The van der Waals surface area contributed by atoms with Gasteiger partial charge in [-0.25, -0.2) is 14.8 Å². The van der Waals surface area contributed by atoms with E-state index in [1.165, 1.54) is 12.4 Å². The van der Waals surface area contributed by atoms with Crippen LogP contribution >= 0.6 is 0 Å². The molecule has 1 fully saturated rings. The van der Waals surface area contributed by atoms with Gasteiger partial charge in [0, 0.05) is 52.2 Å². The maximum absolute atomic E-state index is 13.6. The predicted molar refractivity (Wildman–Crippen MR) is 138 cm³/mol. The average Bonchev–Trinajstić information content (AvgIpc) is 2.91. The number of esters is 1. The largest absolute Gasteiger partial charge is 0.462 e. The molecule has 0 bridgehead atoms. The van der Waals surface area contributed by atoms with Crippen LogP contribution in [0, 0.1) is 0 Å². The summed E-state index contributed by atoms with van der Waals surface area (Å²) in [4.78, 5) is 40.4. The van der Waals surface area contributed by atoms with Crippen LogP contribution in [0.1, 0.15) is 49.5 Å². The molecule has 8 heteroatoms. The minimum absolute atomic E-state index is 0.0987. The molecule has 1 atom stereocenters. The highest BCUT2D eigenvalue weighted by molar-refractivity contribution is 5.89. The number of aromatic nitrogens is 2. The molecule has 188 valence electrons. The zero-order valence-electron chi connectivity index (χ0n) is 21.3. The molecule has 1 aromatic heterocycles. The second-order valence-corrected chi connectivity index (χ2v) is 8.94. The smallest absolute Gasteiger partial charge is 0.341 e. The summed E-state index contributed by atoms with van der Waals surface area (Å²) in [7, 11) is 1.89. The van der Waals surface area contributed by atoms with Crippen molar-refractivity contribution in [3.05, 3.63) is 59.9 Å². The summed E-state index contributed by atoms with van der Waals surface area (Å²) >= 11 is 0. The molecular formula is C27H37N5O3. The SMILES string of the molecule is CCCCN(C)C(=O)C(C)(C=Cc1ccccc1)N1CCN(c2ncc(C(=O)OCC)cn2)CC1. The lowest BCUT2D eigenvalue weighted by atomic mass is 9.94. The third kappa shape index (κ3) is 6.66. The maximum Gasteiger partial charge on any atom is 0.341 e. The van der Waals surface area contributed by atoms with E-state index in [-0.39, 0.29) is 5.91 Å². The molecule has 1 amide bonds. The number of hydrogen-bond acceptors (Lipinski definition) is 7. The quantitative estimate of drug-likeness (QED) is 0.483. The van der Waals surface area contributed by atoms with E-state index in [9.17, 15) is 9.59 Å². The minimum Gasteiger partial charge on any atom is -0.462 e. The highest BCUT2D eigenvalue weighted by Crippen LogP contribution is 2.25. The van der Waals surface area contributed by atoms with Gasteiger partial charge in [-0.15, -0.1) is 0 Å². The summed E-state index contributed by atoms with van der Waals surface area (Å²) in [6, 6.07) is 10.1. The first kappa shape index (κ1) is 26.3. The van der Waals surface area contributed by atoms with Crippen LogP contribution in [-0.4, -0.2) is 83.6 Å². The molecule has 0 aliphatic carbocycles. The van der Waals surface area contributed by atoms with Crippen LogP contribution in [0.3, 0.4) is 0 Å². The van der Waals surface area contributed by atoms with Gasteiger partial charge in [0.2, 0.25) is 11.9 Å². The second-order valence-electron chi connectivity index (χ2n) is 8.94. The van der Waals surface area contributed by atoms with Crippen LogP contribution in [-0.2, 0) is 9.53 Å². The number of rotatable bonds is 10. The van der Waals surface area contributed by atoms with Crippen molar-refractivity contribution in [2.24, 2.45) is 0 Å². The van der Waals surface area contributed by atoms with Crippen LogP contribution in [0.2, 0.25) is 0 Å². The van der Waals surface area contributed by atoms with Crippen molar-refractivity contribution in [1.29, 1.82) is 0 Å². The number of carbonyl (C=O) groups excluding carboxylic acids is 2. The molecule has 0 spiro atoms. The maximum atomic E-state index is 13.6. The molecule has 2 aromatic rings. The van der Waals surface area contributed by atoms with E-state index in [1.807, 2.05) is 61.4 Å². The number of hydrogen-bond donors (Lipinski definition) is 0. The van der Waals surface area contributed by atoms with Crippen molar-refractivity contribution in [1.82, 2.24) is 19.8 Å². The Morgan fingerprint density at radius 3 is 2.34 bits per heavy atom. The van der Waals surface area contributed by atoms with Crippen molar-refractivity contribution in [3.63, 3.8) is 0 Å². The number of likely N-dealkylation sites (N-methyl/N-ethyl adjacent to an activating group) is 1. The first-order chi connectivity index (χ1) is 16.9. The lowest BCUT2D eigenvalue weighted by Crippen LogP contribution is -2.61. The number of amides is 1. The van der Waals surface area contributed by atoms with Crippen molar-refractivity contribution in [2.45, 2.75) is 39.2 Å². The Kier molecular flexibility index (Phi) is 9.37. The Hall–Kier alpha value is -3.26. The van der Waals surface area contributed by atoms with E-state index >= 15 is 0 Å². The fourth-order valence-corrected chi connectivity index (χ4v) is 4.19. The van der Waals surface area contributed by atoms with Crippen molar-refractivity contribution >= 4 is 23.9 Å². The van der Waals surface area contributed by atoms with Crippen molar-refractivity contribution in [2.75, 3.05) is 51.3 Å². The van der Waals surface area contributed by atoms with E-state index in [2.05, 4.69) is 26.7 Å². The third-order valence-electron chi connectivity index (χ3n) is 6.40. The Morgan fingerprint density at radius 2 is 1.74 bits per heavy atom. The van der Waals surface area contributed by atoms with E-state index in [1.54, 1.807) is 6.92 Å². The summed E-state index contributed by atoms with van der Waals surface area (Å²) in [5, 5.41) is 0. The minimum atomic E-state index is -0.765. The fourth-order valence-electron chi connectivity index (χ4n) is 4.19. The molecule has 1 aromatic carbocycles. The predicted octanol–water partition coefficient (Wildman–Crippen LogP) is 3.51. The van der Waals surface area contributed by atoms with Crippen LogP contribution < -0.4 is 4.90 Å². The highest BCUT2D eigenvalue weighted by Gasteiger charge is 2.40. The first-order valence-electron chi connectivity index (χ1n) is 12.4. The molecule has 1 aliphatic rings.